The summed E-state index contributed by atoms with van der Waals surface area (Å²) in [5, 5.41) is 7.00. The Balaban J connectivity index is 1.48. The van der Waals surface area contributed by atoms with Crippen molar-refractivity contribution in [1.82, 2.24) is 4.98 Å². The number of fused-ring (bicyclic) bond motifs is 1. The van der Waals surface area contributed by atoms with Gasteiger partial charge in [-0.3, -0.25) is 4.79 Å². The quantitative estimate of drug-likeness (QED) is 0.403. The molecule has 152 valence electrons. The second-order valence-electron chi connectivity index (χ2n) is 7.48. The number of nitrogens with two attached hydrogens (primary N) is 1. The third-order valence-electron chi connectivity index (χ3n) is 5.37. The molecule has 30 heavy (non-hydrogen) atoms. The number of para-hydroxylation sites is 1. The maximum absolute atomic E-state index is 13.1. The number of hydrogen-bond donors (Lipinski definition) is 3. The minimum Gasteiger partial charge on any atom is -0.361 e. The monoisotopic (exact) mass is 418 g/mol. The van der Waals surface area contributed by atoms with E-state index < -0.39 is 0 Å². The number of nitrogens with one attached hydrogen (secondary N) is 2. The highest BCUT2D eigenvalue weighted by Crippen LogP contribution is 2.21. The molecule has 0 radical (unpaired) electrons. The van der Waals surface area contributed by atoms with Crippen LogP contribution in [0.15, 0.2) is 79.0 Å². The van der Waals surface area contributed by atoms with E-state index in [1.807, 2.05) is 55.5 Å². The first-order valence-corrected chi connectivity index (χ1v) is 10.5. The molecule has 0 fully saturated rings. The Morgan fingerprint density at radius 1 is 1.07 bits per heavy atom. The van der Waals surface area contributed by atoms with Crippen molar-refractivity contribution in [3.8, 4) is 0 Å². The van der Waals surface area contributed by atoms with E-state index in [1.165, 1.54) is 10.9 Å². The number of aryl methyl sites for hydroxylation is 1. The number of quaternary nitrogens is 1. The highest BCUT2D eigenvalue weighted by Gasteiger charge is 2.24. The van der Waals surface area contributed by atoms with Crippen LogP contribution in [-0.4, -0.2) is 17.4 Å². The number of anilines is 1. The van der Waals surface area contributed by atoms with Gasteiger partial charge in [0.2, 0.25) is 0 Å². The van der Waals surface area contributed by atoms with Crippen molar-refractivity contribution in [1.29, 1.82) is 0 Å². The zero-order valence-electron chi connectivity index (χ0n) is 16.9. The largest absolute Gasteiger partial charge is 0.361 e. The predicted molar refractivity (Wildman–Crippen MR) is 123 cm³/mol. The number of H-pyrrole nitrogens is 1. The van der Waals surface area contributed by atoms with E-state index in [2.05, 4.69) is 40.0 Å². The molecule has 4 rings (SSSR count). The highest BCUT2D eigenvalue weighted by atomic mass is 35.5. The Labute approximate surface area is 181 Å². The summed E-state index contributed by atoms with van der Waals surface area (Å²) in [5.74, 6) is -0.0555. The Kier molecular flexibility index (Phi) is 6.17. The standard InChI is InChI=1S/C25H24ClN3O/c1-17-11-12-20(15-22(17)26)29-25(30)24(18-7-3-2-4-8-18)27-14-13-19-16-28-23-10-6-5-9-21(19)23/h2-12,15-16,24,27-28H,13-14H2,1H3,(H,29,30)/p+1/t24-/m1/s1. The van der Waals surface area contributed by atoms with Crippen LogP contribution < -0.4 is 10.6 Å². The van der Waals surface area contributed by atoms with Crippen molar-refractivity contribution in [2.24, 2.45) is 0 Å². The fourth-order valence-corrected chi connectivity index (χ4v) is 3.87. The van der Waals surface area contributed by atoms with Gasteiger partial charge in [-0.05, 0) is 36.2 Å². The van der Waals surface area contributed by atoms with Gasteiger partial charge in [-0.2, -0.15) is 0 Å². The minimum absolute atomic E-state index is 0.0555. The summed E-state index contributed by atoms with van der Waals surface area (Å²) >= 11 is 6.22. The van der Waals surface area contributed by atoms with Gasteiger partial charge in [-0.1, -0.05) is 66.2 Å². The number of rotatable bonds is 7. The number of carbonyl (C=O) groups is 1. The smallest absolute Gasteiger partial charge is 0.287 e. The summed E-state index contributed by atoms with van der Waals surface area (Å²) in [7, 11) is 0. The Morgan fingerprint density at radius 2 is 1.83 bits per heavy atom. The van der Waals surface area contributed by atoms with Crippen LogP contribution in [0.2, 0.25) is 5.02 Å². The van der Waals surface area contributed by atoms with Crippen LogP contribution in [-0.2, 0) is 11.2 Å². The molecule has 4 nitrogen and oxygen atoms in total. The van der Waals surface area contributed by atoms with Crippen LogP contribution in [0.4, 0.5) is 5.69 Å². The number of amides is 1. The van der Waals surface area contributed by atoms with Crippen LogP contribution in [0.1, 0.15) is 22.7 Å². The van der Waals surface area contributed by atoms with Crippen molar-refractivity contribution < 1.29 is 10.1 Å². The molecular formula is C25H25ClN3O+. The highest BCUT2D eigenvalue weighted by molar-refractivity contribution is 6.31. The Bertz CT molecular complexity index is 1150. The van der Waals surface area contributed by atoms with Crippen molar-refractivity contribution >= 4 is 34.1 Å². The van der Waals surface area contributed by atoms with E-state index in [9.17, 15) is 4.79 Å². The molecule has 0 saturated carbocycles. The van der Waals surface area contributed by atoms with E-state index in [0.29, 0.717) is 10.7 Å². The average molecular weight is 419 g/mol. The normalized spacial score (nSPS) is 12.1. The molecule has 0 saturated heterocycles. The second-order valence-corrected chi connectivity index (χ2v) is 7.88. The number of benzene rings is 3. The van der Waals surface area contributed by atoms with Gasteiger partial charge in [0.25, 0.3) is 5.91 Å². The molecule has 1 heterocycles. The lowest BCUT2D eigenvalue weighted by Gasteiger charge is -2.16. The SMILES string of the molecule is Cc1ccc(NC(=O)[C@H]([NH2+]CCc2c[nH]c3ccccc23)c2ccccc2)cc1Cl. The van der Waals surface area contributed by atoms with E-state index in [0.717, 1.165) is 29.6 Å². The molecule has 5 heteroatoms. The summed E-state index contributed by atoms with van der Waals surface area (Å²) in [5.41, 5.74) is 5.08. The van der Waals surface area contributed by atoms with Crippen LogP contribution in [0.25, 0.3) is 10.9 Å². The van der Waals surface area contributed by atoms with Crippen LogP contribution in [0, 0.1) is 6.92 Å². The first-order valence-electron chi connectivity index (χ1n) is 10.1. The molecule has 0 aliphatic heterocycles. The lowest BCUT2D eigenvalue weighted by molar-refractivity contribution is -0.682. The van der Waals surface area contributed by atoms with Crippen LogP contribution in [0.5, 0.6) is 0 Å². The van der Waals surface area contributed by atoms with Gasteiger partial charge < -0.3 is 15.6 Å². The maximum atomic E-state index is 13.1. The van der Waals surface area contributed by atoms with Crippen molar-refractivity contribution in [2.75, 3.05) is 11.9 Å². The third kappa shape index (κ3) is 4.56. The third-order valence-corrected chi connectivity index (χ3v) is 5.78. The number of carbonyl (C=O) groups excluding carboxylic acids is 1. The van der Waals surface area contributed by atoms with E-state index in [4.69, 9.17) is 11.6 Å². The topological polar surface area (TPSA) is 61.5 Å². The van der Waals surface area contributed by atoms with Crippen LogP contribution in [0.3, 0.4) is 0 Å². The molecule has 0 bridgehead atoms. The lowest BCUT2D eigenvalue weighted by atomic mass is 10.0. The van der Waals surface area contributed by atoms with Gasteiger partial charge in [0, 0.05) is 39.8 Å². The van der Waals surface area contributed by atoms with Gasteiger partial charge in [0.15, 0.2) is 6.04 Å². The summed E-state index contributed by atoms with van der Waals surface area (Å²) in [6, 6.07) is 23.4. The average Bonchev–Trinajstić information content (AvgIpc) is 3.17. The second kappa shape index (κ2) is 9.16. The van der Waals surface area contributed by atoms with Gasteiger partial charge in [0.1, 0.15) is 0 Å². The van der Waals surface area contributed by atoms with Crippen molar-refractivity contribution in [3.63, 3.8) is 0 Å². The van der Waals surface area contributed by atoms with Crippen molar-refractivity contribution in [3.05, 3.63) is 101 Å². The van der Waals surface area contributed by atoms with Gasteiger partial charge >= 0.3 is 0 Å². The maximum Gasteiger partial charge on any atom is 0.287 e. The molecule has 4 N–H and O–H groups in total. The van der Waals surface area contributed by atoms with E-state index in [-0.39, 0.29) is 11.9 Å². The predicted octanol–water partition coefficient (Wildman–Crippen LogP) is 4.62. The van der Waals surface area contributed by atoms with Crippen LogP contribution >= 0.6 is 11.6 Å². The molecule has 0 spiro atoms. The Morgan fingerprint density at radius 3 is 2.63 bits per heavy atom. The lowest BCUT2D eigenvalue weighted by Crippen LogP contribution is -2.87. The van der Waals surface area contributed by atoms with Gasteiger partial charge in [0.05, 0.1) is 6.54 Å². The molecule has 1 atom stereocenters. The molecular weight excluding hydrogens is 394 g/mol. The number of aromatic amines is 1. The van der Waals surface area contributed by atoms with E-state index >= 15 is 0 Å². The Hall–Kier alpha value is -3.08. The summed E-state index contributed by atoms with van der Waals surface area (Å²) in [6.45, 7) is 2.74. The molecule has 0 unspecified atom stereocenters. The number of aromatic nitrogens is 1. The number of hydrogen-bond acceptors (Lipinski definition) is 1. The number of halogens is 1. The minimum atomic E-state index is -0.337. The zero-order chi connectivity index (χ0) is 20.9. The van der Waals surface area contributed by atoms with Gasteiger partial charge in [-0.25, -0.2) is 0 Å². The van der Waals surface area contributed by atoms with Gasteiger partial charge in [-0.15, -0.1) is 0 Å². The molecule has 0 aliphatic rings. The van der Waals surface area contributed by atoms with Crippen molar-refractivity contribution in [2.45, 2.75) is 19.4 Å². The molecule has 1 aromatic heterocycles. The summed E-state index contributed by atoms with van der Waals surface area (Å²) in [6.07, 6.45) is 2.93. The van der Waals surface area contributed by atoms with E-state index in [1.54, 1.807) is 6.07 Å². The summed E-state index contributed by atoms with van der Waals surface area (Å²) < 4.78 is 0. The fourth-order valence-electron chi connectivity index (χ4n) is 3.69. The molecule has 4 aromatic rings. The molecule has 3 aromatic carbocycles. The molecule has 0 aliphatic carbocycles. The molecule has 1 amide bonds. The first-order chi connectivity index (χ1) is 14.6. The first kappa shape index (κ1) is 20.2. The zero-order valence-corrected chi connectivity index (χ0v) is 17.6. The summed E-state index contributed by atoms with van der Waals surface area (Å²) in [4.78, 5) is 16.4. The fraction of sp³-hybridized carbons (Fsp3) is 0.160.